The first-order chi connectivity index (χ1) is 16.9. The van der Waals surface area contributed by atoms with E-state index in [-0.39, 0.29) is 17.4 Å². The van der Waals surface area contributed by atoms with Gasteiger partial charge >= 0.3 is 0 Å². The second-order valence-corrected chi connectivity index (χ2v) is 9.30. The van der Waals surface area contributed by atoms with Gasteiger partial charge in [-0.05, 0) is 68.1 Å². The molecule has 0 fully saturated rings. The number of nitrogens with zero attached hydrogens (tertiary/aromatic N) is 4. The molecule has 2 heterocycles. The highest BCUT2D eigenvalue weighted by Gasteiger charge is 2.21. The molecule has 7 nitrogen and oxygen atoms in total. The second-order valence-electron chi connectivity index (χ2n) is 8.36. The first-order valence-electron chi connectivity index (χ1n) is 11.3. The fourth-order valence-corrected chi connectivity index (χ4v) is 4.42. The lowest BCUT2D eigenvalue weighted by Gasteiger charge is -2.16. The van der Waals surface area contributed by atoms with Gasteiger partial charge in [-0.15, -0.1) is 10.2 Å². The molecule has 2 aromatic heterocycles. The monoisotopic (exact) mass is 485 g/mol. The van der Waals surface area contributed by atoms with Crippen molar-refractivity contribution in [3.05, 3.63) is 89.7 Å². The summed E-state index contributed by atoms with van der Waals surface area (Å²) in [7, 11) is 0. The molecule has 0 bridgehead atoms. The van der Waals surface area contributed by atoms with E-state index in [1.807, 2.05) is 53.1 Å². The molecule has 0 spiro atoms. The van der Waals surface area contributed by atoms with Crippen LogP contribution in [0.3, 0.4) is 0 Å². The van der Waals surface area contributed by atoms with E-state index in [0.29, 0.717) is 17.4 Å². The van der Waals surface area contributed by atoms with E-state index in [9.17, 15) is 9.59 Å². The molecule has 4 aromatic rings. The Labute approximate surface area is 209 Å². The Morgan fingerprint density at radius 1 is 0.971 bits per heavy atom. The zero-order valence-electron chi connectivity index (χ0n) is 19.9. The van der Waals surface area contributed by atoms with Gasteiger partial charge < -0.3 is 5.32 Å². The fraction of sp³-hybridized carbons (Fsp3) is 0.222. The maximum Gasteiger partial charge on any atom is 0.231 e. The number of nitrogens with one attached hydrogen (secondary N) is 1. The Kier molecular flexibility index (Phi) is 7.72. The molecule has 0 aliphatic rings. The molecule has 0 aliphatic heterocycles. The number of hydrogen-bond donors (Lipinski definition) is 1. The van der Waals surface area contributed by atoms with Gasteiger partial charge in [-0.2, -0.15) is 0 Å². The topological polar surface area (TPSA) is 89.8 Å². The summed E-state index contributed by atoms with van der Waals surface area (Å²) in [5.41, 5.74) is 5.13. The third kappa shape index (κ3) is 6.02. The highest BCUT2D eigenvalue weighted by Crippen LogP contribution is 2.28. The first-order valence-corrected chi connectivity index (χ1v) is 12.3. The molecule has 178 valence electrons. The summed E-state index contributed by atoms with van der Waals surface area (Å²) in [5, 5.41) is 12.3. The molecule has 0 aliphatic carbocycles. The molecule has 2 aromatic carbocycles. The van der Waals surface area contributed by atoms with Crippen molar-refractivity contribution in [1.29, 1.82) is 0 Å². The van der Waals surface area contributed by atoms with Crippen molar-refractivity contribution in [2.75, 3.05) is 5.75 Å². The van der Waals surface area contributed by atoms with E-state index >= 15 is 0 Å². The molecule has 1 N–H and O–H groups in total. The van der Waals surface area contributed by atoms with Gasteiger partial charge in [-0.25, -0.2) is 0 Å². The van der Waals surface area contributed by atoms with Crippen molar-refractivity contribution in [2.24, 2.45) is 0 Å². The standard InChI is InChI=1S/C27H27N5O2S/c1-18-9-10-23(15-19(18)2)32-26(22-11-13-28-14-12-22)30-31-27(32)35-17-25(34)29-24(20(3)33)16-21-7-5-4-6-8-21/h4-15,24H,16-17H2,1-3H3,(H,29,34)/t24-/m1/s1. The van der Waals surface area contributed by atoms with Crippen LogP contribution in [-0.4, -0.2) is 43.2 Å². The van der Waals surface area contributed by atoms with Crippen LogP contribution in [0.5, 0.6) is 0 Å². The zero-order valence-corrected chi connectivity index (χ0v) is 20.7. The van der Waals surface area contributed by atoms with Gasteiger partial charge in [0.15, 0.2) is 16.8 Å². The van der Waals surface area contributed by atoms with E-state index in [1.165, 1.54) is 24.2 Å². The van der Waals surface area contributed by atoms with Crippen molar-refractivity contribution < 1.29 is 9.59 Å². The van der Waals surface area contributed by atoms with Crippen LogP contribution in [-0.2, 0) is 16.0 Å². The Balaban J connectivity index is 1.54. The molecule has 4 rings (SSSR count). The van der Waals surface area contributed by atoms with Crippen LogP contribution in [0.2, 0.25) is 0 Å². The molecule has 1 amide bonds. The number of carbonyl (C=O) groups is 2. The first kappa shape index (κ1) is 24.3. The predicted molar refractivity (Wildman–Crippen MR) is 138 cm³/mol. The molecule has 0 radical (unpaired) electrons. The van der Waals surface area contributed by atoms with Gasteiger partial charge in [0.25, 0.3) is 0 Å². The number of hydrogen-bond acceptors (Lipinski definition) is 6. The number of aryl methyl sites for hydroxylation is 2. The summed E-state index contributed by atoms with van der Waals surface area (Å²) in [6, 6.07) is 19.0. The minimum atomic E-state index is -0.574. The van der Waals surface area contributed by atoms with Crippen LogP contribution in [0.4, 0.5) is 0 Å². The second kappa shape index (κ2) is 11.1. The number of pyridine rings is 1. The lowest BCUT2D eigenvalue weighted by Crippen LogP contribution is -2.42. The van der Waals surface area contributed by atoms with Crippen LogP contribution in [0.25, 0.3) is 17.1 Å². The largest absolute Gasteiger partial charge is 0.345 e. The predicted octanol–water partition coefficient (Wildman–Crippen LogP) is 4.35. The summed E-state index contributed by atoms with van der Waals surface area (Å²) < 4.78 is 1.95. The molecule has 0 saturated heterocycles. The lowest BCUT2D eigenvalue weighted by molar-refractivity contribution is -0.125. The summed E-state index contributed by atoms with van der Waals surface area (Å²) in [6.45, 7) is 5.62. The minimum Gasteiger partial charge on any atom is -0.345 e. The van der Waals surface area contributed by atoms with Gasteiger partial charge in [-0.3, -0.25) is 19.1 Å². The fourth-order valence-electron chi connectivity index (χ4n) is 3.66. The molecule has 1 atom stereocenters. The lowest BCUT2D eigenvalue weighted by atomic mass is 10.0. The summed E-state index contributed by atoms with van der Waals surface area (Å²) in [4.78, 5) is 29.1. The summed E-state index contributed by atoms with van der Waals surface area (Å²) in [5.74, 6) is 0.471. The van der Waals surface area contributed by atoms with Crippen LogP contribution in [0.1, 0.15) is 23.6 Å². The molecular weight excluding hydrogens is 458 g/mol. The Bertz CT molecular complexity index is 1320. The van der Waals surface area contributed by atoms with Crippen molar-refractivity contribution >= 4 is 23.5 Å². The SMILES string of the molecule is CC(=O)[C@@H](Cc1ccccc1)NC(=O)CSc1nnc(-c2ccncc2)n1-c1ccc(C)c(C)c1. The molecule has 35 heavy (non-hydrogen) atoms. The number of aromatic nitrogens is 4. The number of rotatable bonds is 9. The van der Waals surface area contributed by atoms with Crippen molar-refractivity contribution in [3.63, 3.8) is 0 Å². The van der Waals surface area contributed by atoms with Crippen LogP contribution >= 0.6 is 11.8 Å². The average Bonchev–Trinajstić information content (AvgIpc) is 3.29. The average molecular weight is 486 g/mol. The van der Waals surface area contributed by atoms with E-state index in [2.05, 4.69) is 46.5 Å². The van der Waals surface area contributed by atoms with Crippen molar-refractivity contribution in [2.45, 2.75) is 38.4 Å². The van der Waals surface area contributed by atoms with Gasteiger partial charge in [0.1, 0.15) is 0 Å². The van der Waals surface area contributed by atoms with Crippen molar-refractivity contribution in [1.82, 2.24) is 25.1 Å². The number of thioether (sulfide) groups is 1. The van der Waals surface area contributed by atoms with E-state index < -0.39 is 6.04 Å². The van der Waals surface area contributed by atoms with E-state index in [4.69, 9.17) is 0 Å². The molecule has 0 saturated carbocycles. The number of Topliss-reactive ketones (excluding diaryl/α,β-unsaturated/α-hetero) is 1. The normalized spacial score (nSPS) is 11.7. The Hall–Kier alpha value is -3.78. The number of benzene rings is 2. The Morgan fingerprint density at radius 3 is 2.40 bits per heavy atom. The van der Waals surface area contributed by atoms with Gasteiger partial charge in [0.05, 0.1) is 17.5 Å². The quantitative estimate of drug-likeness (QED) is 0.355. The number of ketones is 1. The smallest absolute Gasteiger partial charge is 0.231 e. The maximum atomic E-state index is 12.8. The van der Waals surface area contributed by atoms with Crippen LogP contribution in [0.15, 0.2) is 78.2 Å². The summed E-state index contributed by atoms with van der Waals surface area (Å²) >= 11 is 1.29. The third-order valence-corrected chi connectivity index (χ3v) is 6.69. The molecule has 8 heteroatoms. The molecule has 0 unspecified atom stereocenters. The van der Waals surface area contributed by atoms with Gasteiger partial charge in [-0.1, -0.05) is 48.2 Å². The zero-order chi connectivity index (χ0) is 24.8. The molecular formula is C27H27N5O2S. The number of carbonyl (C=O) groups excluding carboxylic acids is 2. The van der Waals surface area contributed by atoms with Crippen LogP contribution in [0, 0.1) is 13.8 Å². The van der Waals surface area contributed by atoms with Crippen LogP contribution < -0.4 is 5.32 Å². The minimum absolute atomic E-state index is 0.0783. The highest BCUT2D eigenvalue weighted by molar-refractivity contribution is 7.99. The summed E-state index contributed by atoms with van der Waals surface area (Å²) in [6.07, 6.45) is 3.88. The van der Waals surface area contributed by atoms with Crippen molar-refractivity contribution in [3.8, 4) is 17.1 Å². The van der Waals surface area contributed by atoms with Gasteiger partial charge in [0.2, 0.25) is 5.91 Å². The Morgan fingerprint density at radius 2 is 1.71 bits per heavy atom. The van der Waals surface area contributed by atoms with E-state index in [1.54, 1.807) is 12.4 Å². The number of amides is 1. The maximum absolute atomic E-state index is 12.8. The third-order valence-electron chi connectivity index (χ3n) is 5.76. The van der Waals surface area contributed by atoms with Gasteiger partial charge in [0, 0.05) is 18.0 Å². The van der Waals surface area contributed by atoms with E-state index in [0.717, 1.165) is 22.4 Å². The highest BCUT2D eigenvalue weighted by atomic mass is 32.2.